The summed E-state index contributed by atoms with van der Waals surface area (Å²) in [6, 6.07) is 4.28. The molecule has 0 aliphatic carbocycles. The fourth-order valence-electron chi connectivity index (χ4n) is 4.77. The number of H-pyrrole nitrogens is 1. The van der Waals surface area contributed by atoms with E-state index in [1.165, 1.54) is 0 Å². The fourth-order valence-corrected chi connectivity index (χ4v) is 4.77. The van der Waals surface area contributed by atoms with Gasteiger partial charge < -0.3 is 15.2 Å². The second kappa shape index (κ2) is 8.26. The van der Waals surface area contributed by atoms with E-state index in [2.05, 4.69) is 26.7 Å². The Morgan fingerprint density at radius 1 is 1.35 bits per heavy atom. The average molecular weight is 423 g/mol. The number of benzene rings is 1. The van der Waals surface area contributed by atoms with E-state index in [0.29, 0.717) is 37.1 Å². The normalized spacial score (nSPS) is 19.2. The van der Waals surface area contributed by atoms with Crippen molar-refractivity contribution < 1.29 is 9.18 Å². The van der Waals surface area contributed by atoms with Crippen molar-refractivity contribution in [2.24, 2.45) is 0 Å². The zero-order valence-corrected chi connectivity index (χ0v) is 17.7. The molecule has 2 N–H and O–H groups in total. The molecule has 5 rings (SSSR count). The Bertz CT molecular complexity index is 1130. The predicted molar refractivity (Wildman–Crippen MR) is 117 cm³/mol. The van der Waals surface area contributed by atoms with Crippen LogP contribution < -0.4 is 5.32 Å². The smallest absolute Gasteiger partial charge is 0.224 e. The summed E-state index contributed by atoms with van der Waals surface area (Å²) in [5.74, 6) is -0.177. The Morgan fingerprint density at radius 3 is 3.03 bits per heavy atom. The van der Waals surface area contributed by atoms with Crippen molar-refractivity contribution in [3.63, 3.8) is 0 Å². The van der Waals surface area contributed by atoms with Crippen molar-refractivity contribution in [1.29, 1.82) is 0 Å². The topological polar surface area (TPSA) is 78.8 Å². The largest absolute Gasteiger partial charge is 0.356 e. The molecule has 162 valence electrons. The first-order valence-electron chi connectivity index (χ1n) is 11.0. The van der Waals surface area contributed by atoms with Crippen molar-refractivity contribution in [2.75, 3.05) is 19.6 Å². The number of aryl methyl sites for hydroxylation is 2. The Hall–Kier alpha value is -3.00. The highest BCUT2D eigenvalue weighted by atomic mass is 19.1. The van der Waals surface area contributed by atoms with Gasteiger partial charge in [-0.15, -0.1) is 5.10 Å². The fraction of sp³-hybridized carbons (Fsp3) is 0.435. The summed E-state index contributed by atoms with van der Waals surface area (Å²) in [6.45, 7) is 4.52. The van der Waals surface area contributed by atoms with Gasteiger partial charge in [0.1, 0.15) is 0 Å². The summed E-state index contributed by atoms with van der Waals surface area (Å²) in [7, 11) is 0. The molecule has 8 heteroatoms. The van der Waals surface area contributed by atoms with Crippen LogP contribution in [0.1, 0.15) is 48.5 Å². The molecule has 7 nitrogen and oxygen atoms in total. The number of nitrogens with zero attached hydrogens (tertiary/aromatic N) is 4. The maximum atomic E-state index is 15.6. The maximum absolute atomic E-state index is 15.6. The number of fused-ring (bicyclic) bond motifs is 1. The number of carbonyl (C=O) groups excluding carboxylic acids is 1. The summed E-state index contributed by atoms with van der Waals surface area (Å²) in [6.07, 6.45) is 8.68. The highest BCUT2D eigenvalue weighted by Crippen LogP contribution is 2.36. The van der Waals surface area contributed by atoms with E-state index in [1.807, 2.05) is 24.0 Å². The van der Waals surface area contributed by atoms with Gasteiger partial charge in [-0.25, -0.2) is 4.39 Å². The summed E-state index contributed by atoms with van der Waals surface area (Å²) >= 11 is 0. The third-order valence-corrected chi connectivity index (χ3v) is 6.33. The average Bonchev–Trinajstić information content (AvgIpc) is 3.54. The van der Waals surface area contributed by atoms with E-state index >= 15 is 4.39 Å². The number of rotatable bonds is 5. The van der Waals surface area contributed by atoms with Gasteiger partial charge in [0.2, 0.25) is 5.91 Å². The van der Waals surface area contributed by atoms with E-state index in [-0.39, 0.29) is 17.8 Å². The van der Waals surface area contributed by atoms with Crippen molar-refractivity contribution in [3.05, 3.63) is 53.2 Å². The number of carbonyl (C=O) groups is 1. The summed E-state index contributed by atoms with van der Waals surface area (Å²) in [5.41, 5.74) is 4.14. The first kappa shape index (κ1) is 19.9. The van der Waals surface area contributed by atoms with Crippen LogP contribution in [0, 0.1) is 12.7 Å². The number of aromatic nitrogens is 4. The molecule has 31 heavy (non-hydrogen) atoms. The van der Waals surface area contributed by atoms with Gasteiger partial charge in [0, 0.05) is 48.4 Å². The number of aromatic amines is 1. The molecule has 2 aliphatic rings. The quantitative estimate of drug-likeness (QED) is 0.661. The SMILES string of the molecule is Cc1cc2c(C3CCCN3)cc(C3=CCCN(C(=O)CCn4ccnn4)C3)c(F)c2[nH]1. The van der Waals surface area contributed by atoms with Crippen LogP contribution in [0.3, 0.4) is 0 Å². The molecule has 0 spiro atoms. The van der Waals surface area contributed by atoms with E-state index < -0.39 is 0 Å². The van der Waals surface area contributed by atoms with Crippen LogP contribution in [0.5, 0.6) is 0 Å². The third kappa shape index (κ3) is 3.87. The number of nitrogens with one attached hydrogen (secondary N) is 2. The molecule has 0 saturated carbocycles. The lowest BCUT2D eigenvalue weighted by atomic mass is 9.93. The Kier molecular flexibility index (Phi) is 5.31. The molecule has 1 fully saturated rings. The molecule has 0 bridgehead atoms. The highest BCUT2D eigenvalue weighted by Gasteiger charge is 2.26. The first-order valence-corrected chi connectivity index (χ1v) is 11.0. The minimum atomic E-state index is -0.229. The Balaban J connectivity index is 1.42. The van der Waals surface area contributed by atoms with Crippen LogP contribution in [0.4, 0.5) is 4.39 Å². The van der Waals surface area contributed by atoms with Gasteiger partial charge >= 0.3 is 0 Å². The molecule has 1 atom stereocenters. The zero-order chi connectivity index (χ0) is 21.4. The van der Waals surface area contributed by atoms with Crippen LogP contribution >= 0.6 is 0 Å². The molecule has 1 amide bonds. The van der Waals surface area contributed by atoms with E-state index in [9.17, 15) is 4.79 Å². The highest BCUT2D eigenvalue weighted by molar-refractivity contribution is 5.90. The molecule has 1 aromatic carbocycles. The predicted octanol–water partition coefficient (Wildman–Crippen LogP) is 3.34. The number of amides is 1. The van der Waals surface area contributed by atoms with E-state index in [1.54, 1.807) is 17.1 Å². The number of halogens is 1. The lowest BCUT2D eigenvalue weighted by Gasteiger charge is -2.28. The molecule has 1 unspecified atom stereocenters. The Labute approximate surface area is 180 Å². The van der Waals surface area contributed by atoms with Crippen molar-refractivity contribution in [1.82, 2.24) is 30.2 Å². The van der Waals surface area contributed by atoms with Gasteiger partial charge in [0.05, 0.1) is 18.3 Å². The number of hydrogen-bond donors (Lipinski definition) is 2. The molecule has 4 heterocycles. The third-order valence-electron chi connectivity index (χ3n) is 6.33. The molecule has 1 saturated heterocycles. The lowest BCUT2D eigenvalue weighted by Crippen LogP contribution is -2.36. The van der Waals surface area contributed by atoms with Crippen LogP contribution in [0.2, 0.25) is 0 Å². The molecular formula is C23H27FN6O. The molecule has 2 aromatic heterocycles. The molecule has 2 aliphatic heterocycles. The molecule has 3 aromatic rings. The zero-order valence-electron chi connectivity index (χ0n) is 17.7. The minimum Gasteiger partial charge on any atom is -0.356 e. The van der Waals surface area contributed by atoms with Gasteiger partial charge in [0.25, 0.3) is 0 Å². The van der Waals surface area contributed by atoms with Crippen LogP contribution in [-0.2, 0) is 11.3 Å². The monoisotopic (exact) mass is 422 g/mol. The van der Waals surface area contributed by atoms with Crippen LogP contribution in [-0.4, -0.2) is 50.4 Å². The summed E-state index contributed by atoms with van der Waals surface area (Å²) in [5, 5.41) is 12.2. The van der Waals surface area contributed by atoms with Crippen LogP contribution in [0.25, 0.3) is 16.5 Å². The van der Waals surface area contributed by atoms with Gasteiger partial charge in [-0.05, 0) is 56.0 Å². The van der Waals surface area contributed by atoms with Gasteiger partial charge in [-0.3, -0.25) is 9.48 Å². The lowest BCUT2D eigenvalue weighted by molar-refractivity contribution is -0.131. The Morgan fingerprint density at radius 2 is 2.26 bits per heavy atom. The van der Waals surface area contributed by atoms with Gasteiger partial charge in [-0.2, -0.15) is 0 Å². The van der Waals surface area contributed by atoms with Crippen molar-refractivity contribution >= 4 is 22.4 Å². The number of hydrogen-bond acceptors (Lipinski definition) is 4. The van der Waals surface area contributed by atoms with Gasteiger partial charge in [-0.1, -0.05) is 11.3 Å². The summed E-state index contributed by atoms with van der Waals surface area (Å²) < 4.78 is 17.2. The van der Waals surface area contributed by atoms with E-state index in [0.717, 1.165) is 48.0 Å². The van der Waals surface area contributed by atoms with Gasteiger partial charge in [0.15, 0.2) is 5.82 Å². The van der Waals surface area contributed by atoms with Crippen molar-refractivity contribution in [3.8, 4) is 0 Å². The van der Waals surface area contributed by atoms with Crippen LogP contribution in [0.15, 0.2) is 30.6 Å². The summed E-state index contributed by atoms with van der Waals surface area (Å²) in [4.78, 5) is 17.8. The maximum Gasteiger partial charge on any atom is 0.224 e. The van der Waals surface area contributed by atoms with E-state index in [4.69, 9.17) is 0 Å². The standard InChI is InChI=1S/C23H27FN6O/c1-15-12-19-18(20-5-2-7-25-20)13-17(22(24)23(19)27-15)16-4-3-9-29(14-16)21(31)6-10-30-11-8-26-28-30/h4,8,11-13,20,25,27H,2-3,5-7,9-10,14H2,1H3. The minimum absolute atomic E-state index is 0.0518. The molecular weight excluding hydrogens is 395 g/mol. The van der Waals surface area contributed by atoms with Crippen molar-refractivity contribution in [2.45, 2.75) is 45.2 Å². The molecule has 0 radical (unpaired) electrons. The second-order valence-corrected chi connectivity index (χ2v) is 8.47. The first-order chi connectivity index (χ1) is 15.1. The second-order valence-electron chi connectivity index (χ2n) is 8.47.